The first-order chi connectivity index (χ1) is 32.4. The van der Waals surface area contributed by atoms with Crippen molar-refractivity contribution in [1.82, 2.24) is 72.7 Å². The van der Waals surface area contributed by atoms with Crippen LogP contribution in [-0.2, 0) is 131 Å². The van der Waals surface area contributed by atoms with Crippen molar-refractivity contribution in [2.24, 2.45) is 0 Å². The van der Waals surface area contributed by atoms with Crippen LogP contribution in [-0.4, -0.2) is 72.7 Å². The minimum absolute atomic E-state index is 0. The van der Waals surface area contributed by atoms with E-state index < -0.39 is 0 Å². The van der Waals surface area contributed by atoms with E-state index in [-0.39, 0.29) is 131 Å². The van der Waals surface area contributed by atoms with E-state index in [1.807, 2.05) is 52.2 Å². The number of nitrogens with zero attached hydrogens (tertiary/aromatic N) is 15. The van der Waals surface area contributed by atoms with Crippen molar-refractivity contribution in [2.75, 3.05) is 0 Å². The average Bonchev–Trinajstić information content (AvgIpc) is 4.04. The van der Waals surface area contributed by atoms with E-state index in [0.29, 0.717) is 0 Å². The molecule has 0 aliphatic carbocycles. The van der Waals surface area contributed by atoms with Gasteiger partial charge in [0.05, 0.1) is 29.0 Å². The fraction of sp³-hybridized carbons (Fsp3) is 0.302. The van der Waals surface area contributed by atoms with Crippen molar-refractivity contribution in [2.45, 2.75) is 111 Å². The van der Waals surface area contributed by atoms with Gasteiger partial charge in [0.15, 0.2) is 11.3 Å². The fourth-order valence-corrected chi connectivity index (χ4v) is 9.11. The minimum atomic E-state index is 0. The van der Waals surface area contributed by atoms with Crippen molar-refractivity contribution >= 4 is 66.9 Å². The molecule has 0 N–H and O–H groups in total. The standard InChI is InChI=1S/C14H15N3.3C13H14N4.4Y/c1-8-9(2)13-16-10(3)11(4)17(13)14-12(8)6-5-7-15-14;1-7-8(2)12-16-9(3)10(4)17(12)13-11(7)5-14-6-15-13;1-7-8(2)12-16-9(3)10(4)17(12)13-11(7)14-5-6-15-13;1-7-8(2)12-15-9(3)10(4)17(12)13-11(7)5-6-14-16-13;;;;/h5-7H,1-4H3;3*5-6H,1-4H3;;;;. The van der Waals surface area contributed by atoms with Gasteiger partial charge in [-0.25, -0.2) is 39.9 Å². The van der Waals surface area contributed by atoms with Gasteiger partial charge < -0.3 is 0 Å². The number of aryl methyl sites for hydroxylation is 16. The van der Waals surface area contributed by atoms with Crippen LogP contribution in [0.2, 0.25) is 0 Å². The molecule has 0 atom stereocenters. The Morgan fingerprint density at radius 3 is 1.22 bits per heavy atom. The molecule has 12 heterocycles. The summed E-state index contributed by atoms with van der Waals surface area (Å²) in [4.78, 5) is 40.4. The molecular formula is C53H57N15Y4. The molecule has 0 aliphatic rings. The van der Waals surface area contributed by atoms with Gasteiger partial charge in [-0.1, -0.05) is 0 Å². The minimum Gasteiger partial charge on any atom is -0.281 e. The smallest absolute Gasteiger partial charge is 0.168 e. The summed E-state index contributed by atoms with van der Waals surface area (Å²) in [6.07, 6.45) is 10.5. The van der Waals surface area contributed by atoms with Gasteiger partial charge in [0, 0.05) is 195 Å². The van der Waals surface area contributed by atoms with Gasteiger partial charge in [0.1, 0.15) is 45.7 Å². The molecule has 19 heteroatoms. The van der Waals surface area contributed by atoms with E-state index >= 15 is 0 Å². The van der Waals surface area contributed by atoms with Gasteiger partial charge in [-0.05, 0) is 173 Å². The number of aromatic nitrogens is 15. The van der Waals surface area contributed by atoms with E-state index in [9.17, 15) is 0 Å². The summed E-state index contributed by atoms with van der Waals surface area (Å²) < 4.78 is 8.47. The number of rotatable bonds is 0. The molecule has 12 aromatic heterocycles. The Labute approximate surface area is 520 Å². The number of fused-ring (bicyclic) bond motifs is 12. The second kappa shape index (κ2) is 23.7. The molecule has 12 rings (SSSR count). The first-order valence-corrected chi connectivity index (χ1v) is 22.8. The first-order valence-electron chi connectivity index (χ1n) is 22.8. The van der Waals surface area contributed by atoms with Crippen molar-refractivity contribution in [3.63, 3.8) is 0 Å². The monoisotopic (exact) mass is 1260 g/mol. The molecule has 12 aromatic rings. The van der Waals surface area contributed by atoms with Gasteiger partial charge >= 0.3 is 0 Å². The quantitative estimate of drug-likeness (QED) is 0.142. The molecule has 0 aromatic carbocycles. The summed E-state index contributed by atoms with van der Waals surface area (Å²) >= 11 is 0. The summed E-state index contributed by atoms with van der Waals surface area (Å²) in [7, 11) is 0. The van der Waals surface area contributed by atoms with Crippen LogP contribution in [0.15, 0.2) is 55.5 Å². The molecule has 72 heavy (non-hydrogen) atoms. The van der Waals surface area contributed by atoms with E-state index in [2.05, 4.69) is 162 Å². The van der Waals surface area contributed by atoms with Crippen LogP contribution >= 0.6 is 0 Å². The maximum atomic E-state index is 4.65. The van der Waals surface area contributed by atoms with Crippen LogP contribution in [0.25, 0.3) is 66.9 Å². The van der Waals surface area contributed by atoms with Gasteiger partial charge in [-0.15, -0.1) is 5.10 Å². The van der Waals surface area contributed by atoms with Crippen LogP contribution in [0.4, 0.5) is 0 Å². The number of pyridine rings is 5. The summed E-state index contributed by atoms with van der Waals surface area (Å²) in [6.45, 7) is 33.3. The molecule has 356 valence electrons. The van der Waals surface area contributed by atoms with Crippen LogP contribution < -0.4 is 0 Å². The van der Waals surface area contributed by atoms with Crippen molar-refractivity contribution in [3.05, 3.63) is 146 Å². The molecular weight excluding hydrogens is 1200 g/mol. The van der Waals surface area contributed by atoms with Crippen LogP contribution in [0, 0.1) is 111 Å². The molecule has 15 nitrogen and oxygen atoms in total. The molecule has 0 bridgehead atoms. The van der Waals surface area contributed by atoms with Crippen LogP contribution in [0.1, 0.15) is 90.1 Å². The van der Waals surface area contributed by atoms with E-state index in [1.165, 1.54) is 50.0 Å². The Morgan fingerprint density at radius 2 is 0.722 bits per heavy atom. The van der Waals surface area contributed by atoms with E-state index in [4.69, 9.17) is 0 Å². The molecule has 4 radical (unpaired) electrons. The molecule has 0 saturated carbocycles. The Balaban J connectivity index is 0.000000175. The Hall–Kier alpha value is -3.39. The summed E-state index contributed by atoms with van der Waals surface area (Å²) in [5.74, 6) is 0. The second-order valence-corrected chi connectivity index (χ2v) is 17.9. The molecule has 0 spiro atoms. The summed E-state index contributed by atoms with van der Waals surface area (Å²) in [5.41, 5.74) is 27.2. The van der Waals surface area contributed by atoms with E-state index in [1.54, 1.807) is 24.9 Å². The largest absolute Gasteiger partial charge is 0.281 e. The Kier molecular flexibility index (Phi) is 19.5. The van der Waals surface area contributed by atoms with Crippen LogP contribution in [0.3, 0.4) is 0 Å². The van der Waals surface area contributed by atoms with Gasteiger partial charge in [-0.2, -0.15) is 5.10 Å². The zero-order chi connectivity index (χ0) is 48.6. The van der Waals surface area contributed by atoms with E-state index in [0.717, 1.165) is 107 Å². The van der Waals surface area contributed by atoms with Gasteiger partial charge in [0.2, 0.25) is 0 Å². The van der Waals surface area contributed by atoms with Crippen molar-refractivity contribution in [3.8, 4) is 0 Å². The van der Waals surface area contributed by atoms with Gasteiger partial charge in [0.25, 0.3) is 0 Å². The normalized spacial score (nSPS) is 10.9. The molecule has 0 aliphatic heterocycles. The van der Waals surface area contributed by atoms with Crippen molar-refractivity contribution in [1.29, 1.82) is 0 Å². The predicted octanol–water partition coefficient (Wildman–Crippen LogP) is 10.6. The third-order valence-electron chi connectivity index (χ3n) is 14.2. The second-order valence-electron chi connectivity index (χ2n) is 17.9. The predicted molar refractivity (Wildman–Crippen MR) is 271 cm³/mol. The number of hydrogen-bond donors (Lipinski definition) is 0. The Bertz CT molecular complexity index is 3500. The third-order valence-corrected chi connectivity index (χ3v) is 14.2. The van der Waals surface area contributed by atoms with Crippen molar-refractivity contribution < 1.29 is 131 Å². The number of hydrogen-bond acceptors (Lipinski definition) is 11. The molecule has 0 saturated heterocycles. The zero-order valence-corrected chi connectivity index (χ0v) is 55.6. The Morgan fingerprint density at radius 1 is 0.333 bits per heavy atom. The summed E-state index contributed by atoms with van der Waals surface area (Å²) in [5, 5.41) is 11.7. The molecule has 0 unspecified atom stereocenters. The number of imidazole rings is 4. The SMILES string of the molecule is Cc1nc2c(C)c(C)c3cccnc3n2c1C.Cc1nc2c(C)c(C)c3ccnnc3n2c1C.Cc1nc2c(C)c(C)c3cncnc3n2c1C.Cc1nc2c(C)c(C)c3nccnc3n2c1C.[Y].[Y].[Y].[Y]. The first kappa shape index (κ1) is 59.5. The maximum Gasteiger partial charge on any atom is 0.168 e. The van der Waals surface area contributed by atoms with Crippen LogP contribution in [0.5, 0.6) is 0 Å². The molecule has 0 fully saturated rings. The summed E-state index contributed by atoms with van der Waals surface area (Å²) in [6, 6.07) is 6.12. The fourth-order valence-electron chi connectivity index (χ4n) is 9.11. The topological polar surface area (TPSA) is 159 Å². The maximum absolute atomic E-state index is 4.65. The molecule has 0 amide bonds. The van der Waals surface area contributed by atoms with Gasteiger partial charge in [-0.3, -0.25) is 22.6 Å². The zero-order valence-electron chi connectivity index (χ0n) is 44.2. The average molecular weight is 1260 g/mol. The third kappa shape index (κ3) is 10.1.